The molecule has 0 saturated carbocycles. The molecule has 0 amide bonds. The summed E-state index contributed by atoms with van der Waals surface area (Å²) in [4.78, 5) is 0. The normalized spacial score (nSPS) is 10.8. The molecule has 132 valence electrons. The Labute approximate surface area is 147 Å². The van der Waals surface area contributed by atoms with Crippen molar-refractivity contribution in [2.75, 3.05) is 19.8 Å². The van der Waals surface area contributed by atoms with E-state index in [0.29, 0.717) is 11.8 Å². The predicted molar refractivity (Wildman–Crippen MR) is 102 cm³/mol. The van der Waals surface area contributed by atoms with Crippen LogP contribution in [0.5, 0.6) is 0 Å². The smallest absolute Gasteiger partial charge is 0.0540 e. The first kappa shape index (κ1) is 20.4. The Bertz CT molecular complexity index is 473. The number of hydrogen-bond acceptors (Lipinski definition) is 2. The van der Waals surface area contributed by atoms with Crippen molar-refractivity contribution in [2.45, 2.75) is 33.6 Å². The number of aliphatic hydroxyl groups is 1. The highest BCUT2D eigenvalue weighted by atomic mass is 16.5. The number of aliphatic hydroxyl groups excluding tert-OH is 1. The van der Waals surface area contributed by atoms with Crippen molar-refractivity contribution in [3.63, 3.8) is 0 Å². The second-order valence-corrected chi connectivity index (χ2v) is 6.88. The summed E-state index contributed by atoms with van der Waals surface area (Å²) in [5.74, 6) is 1.43. The number of benzene rings is 2. The van der Waals surface area contributed by atoms with Crippen molar-refractivity contribution >= 4 is 0 Å². The van der Waals surface area contributed by atoms with Gasteiger partial charge in [-0.25, -0.2) is 0 Å². The average molecular weight is 328 g/mol. The molecule has 0 atom stereocenters. The van der Waals surface area contributed by atoms with Crippen LogP contribution >= 0.6 is 0 Å². The maximum atomic E-state index is 9.43. The van der Waals surface area contributed by atoms with Crippen molar-refractivity contribution in [3.8, 4) is 0 Å². The van der Waals surface area contributed by atoms with E-state index in [0.717, 1.165) is 24.3 Å². The van der Waals surface area contributed by atoms with Gasteiger partial charge in [-0.2, -0.15) is 0 Å². The molecule has 0 heterocycles. The third kappa shape index (κ3) is 8.28. The fraction of sp³-hybridized carbons (Fsp3) is 0.455. The molecular formula is C22H32O2. The first-order valence-electron chi connectivity index (χ1n) is 8.83. The molecule has 0 aromatic heterocycles. The average Bonchev–Trinajstić information content (AvgIpc) is 2.57. The zero-order chi connectivity index (χ0) is 17.8. The topological polar surface area (TPSA) is 29.5 Å². The van der Waals surface area contributed by atoms with Gasteiger partial charge in [0, 0.05) is 19.1 Å². The summed E-state index contributed by atoms with van der Waals surface area (Å²) in [6.45, 7) is 10.6. The van der Waals surface area contributed by atoms with Crippen LogP contribution in [0.1, 0.15) is 44.7 Å². The lowest BCUT2D eigenvalue weighted by atomic mass is 9.92. The summed E-state index contributed by atoms with van der Waals surface area (Å²) < 4.78 is 5.36. The van der Waals surface area contributed by atoms with Gasteiger partial charge in [-0.15, -0.1) is 0 Å². The standard InChI is InChI=1S/C14H14O.C8H18O/c15-11-14(12-7-3-1-4-8-12)13-9-5-2-6-10-13;1-7(2)5-9-6-8(3)4/h1-10,14-15H,11H2;7-8H,5-6H2,1-4H3. The van der Waals surface area contributed by atoms with Crippen LogP contribution in [-0.2, 0) is 4.74 Å². The molecule has 0 fully saturated rings. The van der Waals surface area contributed by atoms with Gasteiger partial charge in [-0.1, -0.05) is 88.4 Å². The van der Waals surface area contributed by atoms with Crippen LogP contribution in [-0.4, -0.2) is 24.9 Å². The molecule has 0 spiro atoms. The fourth-order valence-corrected chi connectivity index (χ4v) is 2.31. The van der Waals surface area contributed by atoms with Crippen LogP contribution in [0.25, 0.3) is 0 Å². The van der Waals surface area contributed by atoms with E-state index in [2.05, 4.69) is 27.7 Å². The molecule has 2 aromatic carbocycles. The van der Waals surface area contributed by atoms with E-state index >= 15 is 0 Å². The van der Waals surface area contributed by atoms with Crippen molar-refractivity contribution in [2.24, 2.45) is 11.8 Å². The first-order valence-corrected chi connectivity index (χ1v) is 8.83. The predicted octanol–water partition coefficient (Wildman–Crippen LogP) is 5.13. The maximum Gasteiger partial charge on any atom is 0.0540 e. The SMILES string of the molecule is CC(C)COCC(C)C.OCC(c1ccccc1)c1ccccc1. The summed E-state index contributed by atoms with van der Waals surface area (Å²) in [7, 11) is 0. The van der Waals surface area contributed by atoms with Crippen LogP contribution in [0, 0.1) is 11.8 Å². The summed E-state index contributed by atoms with van der Waals surface area (Å²) in [5.41, 5.74) is 2.32. The summed E-state index contributed by atoms with van der Waals surface area (Å²) in [6.07, 6.45) is 0. The van der Waals surface area contributed by atoms with E-state index in [1.807, 2.05) is 60.7 Å². The van der Waals surface area contributed by atoms with E-state index in [9.17, 15) is 5.11 Å². The van der Waals surface area contributed by atoms with Crippen molar-refractivity contribution < 1.29 is 9.84 Å². The lowest BCUT2D eigenvalue weighted by Gasteiger charge is -2.14. The molecule has 0 aliphatic carbocycles. The van der Waals surface area contributed by atoms with Gasteiger partial charge in [-0.05, 0) is 23.0 Å². The van der Waals surface area contributed by atoms with E-state index in [-0.39, 0.29) is 12.5 Å². The Hall–Kier alpha value is -1.64. The van der Waals surface area contributed by atoms with Crippen LogP contribution in [0.3, 0.4) is 0 Å². The third-order valence-corrected chi connectivity index (χ3v) is 3.49. The van der Waals surface area contributed by atoms with Gasteiger partial charge in [0.2, 0.25) is 0 Å². The molecular weight excluding hydrogens is 296 g/mol. The van der Waals surface area contributed by atoms with Crippen molar-refractivity contribution in [3.05, 3.63) is 71.8 Å². The Morgan fingerprint density at radius 3 is 1.38 bits per heavy atom. The summed E-state index contributed by atoms with van der Waals surface area (Å²) in [6, 6.07) is 20.2. The summed E-state index contributed by atoms with van der Waals surface area (Å²) >= 11 is 0. The second-order valence-electron chi connectivity index (χ2n) is 6.88. The molecule has 2 nitrogen and oxygen atoms in total. The Balaban J connectivity index is 0.000000277. The Morgan fingerprint density at radius 2 is 1.08 bits per heavy atom. The van der Waals surface area contributed by atoms with Gasteiger partial charge in [0.25, 0.3) is 0 Å². The monoisotopic (exact) mass is 328 g/mol. The molecule has 1 N–H and O–H groups in total. The number of ether oxygens (including phenoxy) is 1. The van der Waals surface area contributed by atoms with Crippen LogP contribution in [0.15, 0.2) is 60.7 Å². The lowest BCUT2D eigenvalue weighted by molar-refractivity contribution is 0.0886. The van der Waals surface area contributed by atoms with Crippen molar-refractivity contribution in [1.29, 1.82) is 0 Å². The zero-order valence-electron chi connectivity index (χ0n) is 15.5. The van der Waals surface area contributed by atoms with Gasteiger partial charge >= 0.3 is 0 Å². The number of rotatable bonds is 7. The molecule has 0 bridgehead atoms. The van der Waals surface area contributed by atoms with E-state index in [4.69, 9.17) is 4.74 Å². The van der Waals surface area contributed by atoms with Gasteiger partial charge in [0.1, 0.15) is 0 Å². The maximum absolute atomic E-state index is 9.43. The minimum Gasteiger partial charge on any atom is -0.395 e. The fourth-order valence-electron chi connectivity index (χ4n) is 2.31. The molecule has 2 aromatic rings. The third-order valence-electron chi connectivity index (χ3n) is 3.49. The number of hydrogen-bond donors (Lipinski definition) is 1. The largest absolute Gasteiger partial charge is 0.395 e. The van der Waals surface area contributed by atoms with Crippen LogP contribution < -0.4 is 0 Å². The van der Waals surface area contributed by atoms with Gasteiger partial charge in [0.05, 0.1) is 6.61 Å². The molecule has 0 aliphatic rings. The molecule has 2 heteroatoms. The van der Waals surface area contributed by atoms with Crippen LogP contribution in [0.2, 0.25) is 0 Å². The second kappa shape index (κ2) is 11.8. The highest BCUT2D eigenvalue weighted by Crippen LogP contribution is 2.23. The minimum absolute atomic E-state index is 0.0902. The highest BCUT2D eigenvalue weighted by Gasteiger charge is 2.11. The Morgan fingerprint density at radius 1 is 0.708 bits per heavy atom. The molecule has 0 aliphatic heterocycles. The minimum atomic E-state index is 0.0902. The van der Waals surface area contributed by atoms with E-state index in [1.54, 1.807) is 0 Å². The van der Waals surface area contributed by atoms with E-state index in [1.165, 1.54) is 0 Å². The molecule has 0 radical (unpaired) electrons. The first-order chi connectivity index (χ1) is 11.5. The zero-order valence-corrected chi connectivity index (χ0v) is 15.5. The van der Waals surface area contributed by atoms with Crippen LogP contribution in [0.4, 0.5) is 0 Å². The highest BCUT2D eigenvalue weighted by molar-refractivity contribution is 5.32. The van der Waals surface area contributed by atoms with Gasteiger partial charge in [-0.3, -0.25) is 0 Å². The van der Waals surface area contributed by atoms with Gasteiger partial charge < -0.3 is 9.84 Å². The lowest BCUT2D eigenvalue weighted by Crippen LogP contribution is -2.06. The quantitative estimate of drug-likeness (QED) is 0.764. The summed E-state index contributed by atoms with van der Waals surface area (Å²) in [5, 5.41) is 9.43. The molecule has 2 rings (SSSR count). The molecule has 0 unspecified atom stereocenters. The van der Waals surface area contributed by atoms with Gasteiger partial charge in [0.15, 0.2) is 0 Å². The molecule has 24 heavy (non-hydrogen) atoms. The Kier molecular flexibility index (Phi) is 10.1. The van der Waals surface area contributed by atoms with Crippen molar-refractivity contribution in [1.82, 2.24) is 0 Å². The molecule has 0 saturated heterocycles. The van der Waals surface area contributed by atoms with E-state index < -0.39 is 0 Å².